The molecule has 3 rings (SSSR count). The zero-order chi connectivity index (χ0) is 11.4. The highest BCUT2D eigenvalue weighted by molar-refractivity contribution is 6.23. The lowest BCUT2D eigenvalue weighted by atomic mass is 10.0. The van der Waals surface area contributed by atoms with Gasteiger partial charge in [-0.1, -0.05) is 0 Å². The number of nitrogens with one attached hydrogen (secondary N) is 2. The van der Waals surface area contributed by atoms with E-state index >= 15 is 0 Å². The number of nitrogen functional groups attached to an aromatic ring is 2. The second-order valence-electron chi connectivity index (χ2n) is 3.74. The number of anilines is 2. The molecule has 0 amide bonds. The molecule has 0 saturated carbocycles. The number of rotatable bonds is 0. The number of nitrogens with zero attached hydrogens (tertiary/aromatic N) is 1. The van der Waals surface area contributed by atoms with Crippen molar-refractivity contribution in [2.45, 2.75) is 0 Å². The monoisotopic (exact) mass is 214 g/mol. The van der Waals surface area contributed by atoms with Crippen LogP contribution in [0.25, 0.3) is 10.8 Å². The Hall–Kier alpha value is -2.50. The third kappa shape index (κ3) is 0.902. The molecule has 6 heteroatoms. The summed E-state index contributed by atoms with van der Waals surface area (Å²) < 4.78 is 0. The Morgan fingerprint density at radius 1 is 1.00 bits per heavy atom. The minimum Gasteiger partial charge on any atom is -0.385 e. The number of nitrogens with two attached hydrogens (primary N) is 3. The van der Waals surface area contributed by atoms with Gasteiger partial charge in [-0.3, -0.25) is 5.41 Å². The van der Waals surface area contributed by atoms with Gasteiger partial charge < -0.3 is 22.2 Å². The van der Waals surface area contributed by atoms with Crippen molar-refractivity contribution in [1.82, 2.24) is 4.98 Å². The van der Waals surface area contributed by atoms with Gasteiger partial charge in [0.25, 0.3) is 0 Å². The molecule has 0 atom stereocenters. The van der Waals surface area contributed by atoms with Crippen LogP contribution in [0.3, 0.4) is 0 Å². The lowest BCUT2D eigenvalue weighted by molar-refractivity contribution is 1.43. The van der Waals surface area contributed by atoms with Gasteiger partial charge in [0.15, 0.2) is 5.84 Å². The summed E-state index contributed by atoms with van der Waals surface area (Å²) in [5.74, 6) is 1.50. The van der Waals surface area contributed by atoms with Crippen LogP contribution in [0.2, 0.25) is 0 Å². The Kier molecular flexibility index (Phi) is 1.40. The number of amidine groups is 2. The summed E-state index contributed by atoms with van der Waals surface area (Å²) in [6.07, 6.45) is 0. The van der Waals surface area contributed by atoms with Crippen molar-refractivity contribution < 1.29 is 0 Å². The molecule has 16 heavy (non-hydrogen) atoms. The fourth-order valence-electron chi connectivity index (χ4n) is 1.97. The fraction of sp³-hybridized carbons (Fsp3) is 0. The molecule has 0 aliphatic carbocycles. The molecule has 0 unspecified atom stereocenters. The Morgan fingerprint density at radius 2 is 1.56 bits per heavy atom. The first-order chi connectivity index (χ1) is 7.58. The van der Waals surface area contributed by atoms with Crippen molar-refractivity contribution >= 4 is 34.1 Å². The molecule has 1 aromatic heterocycles. The predicted octanol–water partition coefficient (Wildman–Crippen LogP) is 0.377. The van der Waals surface area contributed by atoms with Crippen LogP contribution in [0.5, 0.6) is 0 Å². The number of benzene rings is 1. The third-order valence-corrected chi connectivity index (χ3v) is 2.77. The van der Waals surface area contributed by atoms with Crippen LogP contribution in [0.1, 0.15) is 11.1 Å². The van der Waals surface area contributed by atoms with E-state index in [0.29, 0.717) is 23.0 Å². The number of aromatic nitrogens is 1. The van der Waals surface area contributed by atoms with E-state index in [9.17, 15) is 0 Å². The lowest BCUT2D eigenvalue weighted by Crippen LogP contribution is -2.10. The van der Waals surface area contributed by atoms with Crippen LogP contribution in [0, 0.1) is 5.41 Å². The van der Waals surface area contributed by atoms with E-state index in [1.54, 1.807) is 6.07 Å². The topological polar surface area (TPSA) is 130 Å². The predicted molar refractivity (Wildman–Crippen MR) is 64.7 cm³/mol. The molecule has 2 heterocycles. The standard InChI is InChI=1S/C10H10N6/c11-7-3-1-4-6(10(14)16-8(4)12)2-5(3)9(13)15-7/h1-2,15H,11,13H2,(H3,12,14,16). The van der Waals surface area contributed by atoms with E-state index in [1.807, 2.05) is 6.07 Å². The lowest BCUT2D eigenvalue weighted by Gasteiger charge is -2.00. The zero-order valence-corrected chi connectivity index (χ0v) is 8.33. The first kappa shape index (κ1) is 8.78. The van der Waals surface area contributed by atoms with Crippen LogP contribution in [-0.2, 0) is 0 Å². The van der Waals surface area contributed by atoms with Crippen LogP contribution >= 0.6 is 0 Å². The molecule has 8 N–H and O–H groups in total. The molecule has 1 aromatic carbocycles. The van der Waals surface area contributed by atoms with Crippen LogP contribution in [-0.4, -0.2) is 16.7 Å². The summed E-state index contributed by atoms with van der Waals surface area (Å²) in [6, 6.07) is 3.60. The van der Waals surface area contributed by atoms with Crippen molar-refractivity contribution in [3.05, 3.63) is 23.3 Å². The first-order valence-corrected chi connectivity index (χ1v) is 4.72. The molecule has 0 fully saturated rings. The van der Waals surface area contributed by atoms with E-state index < -0.39 is 0 Å². The molecule has 0 radical (unpaired) electrons. The van der Waals surface area contributed by atoms with E-state index in [-0.39, 0.29) is 5.84 Å². The van der Waals surface area contributed by atoms with E-state index in [1.165, 1.54) is 0 Å². The molecule has 2 aromatic rings. The van der Waals surface area contributed by atoms with Gasteiger partial charge >= 0.3 is 0 Å². The molecule has 0 saturated heterocycles. The zero-order valence-electron chi connectivity index (χ0n) is 8.33. The van der Waals surface area contributed by atoms with Gasteiger partial charge in [0, 0.05) is 21.9 Å². The summed E-state index contributed by atoms with van der Waals surface area (Å²) in [6.45, 7) is 0. The highest BCUT2D eigenvalue weighted by atomic mass is 15.0. The number of hydrogen-bond acceptors (Lipinski definition) is 4. The minimum atomic E-state index is 0.161. The quantitative estimate of drug-likeness (QED) is 0.434. The van der Waals surface area contributed by atoms with Gasteiger partial charge in [0.05, 0.1) is 0 Å². The van der Waals surface area contributed by atoms with E-state index in [0.717, 1.165) is 16.3 Å². The average molecular weight is 214 g/mol. The van der Waals surface area contributed by atoms with E-state index in [4.69, 9.17) is 22.6 Å². The van der Waals surface area contributed by atoms with Crippen LogP contribution in [0.15, 0.2) is 17.1 Å². The van der Waals surface area contributed by atoms with Crippen molar-refractivity contribution in [2.75, 3.05) is 11.5 Å². The maximum atomic E-state index is 7.66. The number of hydrogen-bond donors (Lipinski definition) is 5. The van der Waals surface area contributed by atoms with Gasteiger partial charge in [-0.2, -0.15) is 0 Å². The van der Waals surface area contributed by atoms with Crippen molar-refractivity contribution in [3.8, 4) is 0 Å². The van der Waals surface area contributed by atoms with E-state index in [2.05, 4.69) is 9.98 Å². The average Bonchev–Trinajstić information content (AvgIpc) is 2.67. The number of H-pyrrole nitrogens is 1. The minimum absolute atomic E-state index is 0.161. The summed E-state index contributed by atoms with van der Waals surface area (Å²) >= 11 is 0. The van der Waals surface area contributed by atoms with Crippen molar-refractivity contribution in [3.63, 3.8) is 0 Å². The molecule has 6 nitrogen and oxygen atoms in total. The molecule has 0 spiro atoms. The SMILES string of the molecule is N=C1N=C(N)c2cc3c(N)[nH]c(N)c3cc21. The van der Waals surface area contributed by atoms with Crippen molar-refractivity contribution in [1.29, 1.82) is 5.41 Å². The number of aromatic amines is 1. The van der Waals surface area contributed by atoms with Crippen molar-refractivity contribution in [2.24, 2.45) is 10.7 Å². The van der Waals surface area contributed by atoms with Gasteiger partial charge in [0.2, 0.25) is 0 Å². The largest absolute Gasteiger partial charge is 0.385 e. The second kappa shape index (κ2) is 2.54. The maximum absolute atomic E-state index is 7.66. The fourth-order valence-corrected chi connectivity index (χ4v) is 1.97. The van der Waals surface area contributed by atoms with Gasteiger partial charge in [-0.15, -0.1) is 0 Å². The van der Waals surface area contributed by atoms with Gasteiger partial charge in [0.1, 0.15) is 17.5 Å². The highest BCUT2D eigenvalue weighted by Crippen LogP contribution is 2.31. The Morgan fingerprint density at radius 3 is 2.19 bits per heavy atom. The first-order valence-electron chi connectivity index (χ1n) is 4.72. The molecular weight excluding hydrogens is 204 g/mol. The normalized spacial score (nSPS) is 14.2. The Bertz CT molecular complexity index is 663. The summed E-state index contributed by atoms with van der Waals surface area (Å²) in [7, 11) is 0. The smallest absolute Gasteiger partial charge is 0.154 e. The second-order valence-corrected chi connectivity index (χ2v) is 3.74. The maximum Gasteiger partial charge on any atom is 0.154 e. The summed E-state index contributed by atoms with van der Waals surface area (Å²) in [5, 5.41) is 9.27. The molecule has 1 aliphatic heterocycles. The molecule has 0 bridgehead atoms. The Balaban J connectivity index is 2.45. The number of aliphatic imine (C=N–C) groups is 1. The summed E-state index contributed by atoms with van der Waals surface area (Å²) in [4.78, 5) is 6.76. The summed E-state index contributed by atoms with van der Waals surface area (Å²) in [5.41, 5.74) is 18.7. The van der Waals surface area contributed by atoms with Gasteiger partial charge in [-0.05, 0) is 12.1 Å². The van der Waals surface area contributed by atoms with Gasteiger partial charge in [-0.25, -0.2) is 4.99 Å². The third-order valence-electron chi connectivity index (χ3n) is 2.77. The number of fused-ring (bicyclic) bond motifs is 2. The molecular formula is C10H10N6. The molecule has 80 valence electrons. The van der Waals surface area contributed by atoms with Crippen LogP contribution < -0.4 is 17.2 Å². The Labute approximate surface area is 90.6 Å². The van der Waals surface area contributed by atoms with Crippen LogP contribution in [0.4, 0.5) is 11.6 Å². The molecule has 1 aliphatic rings. The highest BCUT2D eigenvalue weighted by Gasteiger charge is 2.21.